The highest BCUT2D eigenvalue weighted by Crippen LogP contribution is 2.22. The van der Waals surface area contributed by atoms with Crippen molar-refractivity contribution < 1.29 is 28.5 Å². The van der Waals surface area contributed by atoms with E-state index in [1.54, 1.807) is 23.4 Å². The molecule has 0 radical (unpaired) electrons. The second-order valence-corrected chi connectivity index (χ2v) is 9.29. The first kappa shape index (κ1) is 23.8. The van der Waals surface area contributed by atoms with E-state index in [0.29, 0.717) is 51.0 Å². The standard InChI is InChI=1S/C21H33N6O5/c1-7-32-20(31)26-10-8-25(9-11-26)13-15-22-17-16(18(29)24(6)19(30)23(17)5)27(15)12-14(28)21(2,3)4/h16H,7-13H2,1-6H3/q+1. The van der Waals surface area contributed by atoms with E-state index in [4.69, 9.17) is 4.74 Å². The first-order valence-electron chi connectivity index (χ1n) is 10.9. The van der Waals surface area contributed by atoms with Gasteiger partial charge in [-0.05, 0) is 11.9 Å². The van der Waals surface area contributed by atoms with Gasteiger partial charge in [-0.3, -0.25) is 24.3 Å². The summed E-state index contributed by atoms with van der Waals surface area (Å²) >= 11 is 0. The SMILES string of the molecule is CCOC(=O)N1CCN(CC2=[N+](CC(=O)C(C)(C)C)C3C(=O)N(C)C(=O)N(C)C3=N2)CC1. The predicted molar refractivity (Wildman–Crippen MR) is 117 cm³/mol. The minimum Gasteiger partial charge on any atom is -0.450 e. The molecule has 11 nitrogen and oxygen atoms in total. The van der Waals surface area contributed by atoms with Crippen LogP contribution in [0.4, 0.5) is 9.59 Å². The first-order valence-corrected chi connectivity index (χ1v) is 10.9. The Kier molecular flexibility index (Phi) is 6.68. The Morgan fingerprint density at radius 2 is 1.72 bits per heavy atom. The van der Waals surface area contributed by atoms with Gasteiger partial charge in [-0.1, -0.05) is 20.8 Å². The van der Waals surface area contributed by atoms with Crippen LogP contribution in [0.5, 0.6) is 0 Å². The van der Waals surface area contributed by atoms with Crippen molar-refractivity contribution in [1.29, 1.82) is 0 Å². The Hall–Kier alpha value is -2.82. The number of imide groups is 1. The molecule has 32 heavy (non-hydrogen) atoms. The van der Waals surface area contributed by atoms with Crippen molar-refractivity contribution in [2.75, 3.05) is 60.0 Å². The van der Waals surface area contributed by atoms with Crippen LogP contribution in [0.1, 0.15) is 27.7 Å². The minimum atomic E-state index is -0.801. The average molecular weight is 450 g/mol. The van der Waals surface area contributed by atoms with Crippen LogP contribution in [0, 0.1) is 5.41 Å². The quantitative estimate of drug-likeness (QED) is 0.551. The first-order chi connectivity index (χ1) is 15.0. The summed E-state index contributed by atoms with van der Waals surface area (Å²) in [5.41, 5.74) is -0.579. The molecule has 0 saturated carbocycles. The largest absolute Gasteiger partial charge is 0.450 e. The number of ether oxygens (including phenoxy) is 1. The van der Waals surface area contributed by atoms with Crippen LogP contribution in [0.3, 0.4) is 0 Å². The van der Waals surface area contributed by atoms with Crippen LogP contribution in [0.2, 0.25) is 0 Å². The highest BCUT2D eigenvalue weighted by atomic mass is 16.6. The molecule has 0 spiro atoms. The van der Waals surface area contributed by atoms with Crippen molar-refractivity contribution in [3.05, 3.63) is 0 Å². The Labute approximate surface area is 188 Å². The molecule has 0 aromatic rings. The molecule has 176 valence electrons. The number of carbonyl (C=O) groups excluding carboxylic acids is 4. The number of amidine groups is 2. The van der Waals surface area contributed by atoms with Crippen molar-refractivity contribution >= 4 is 35.5 Å². The number of hydrogen-bond acceptors (Lipinski definition) is 7. The number of likely N-dealkylation sites (N-methyl/N-ethyl adjacent to an activating group) is 2. The summed E-state index contributed by atoms with van der Waals surface area (Å²) in [4.78, 5) is 61.1. The number of fused-ring (bicyclic) bond motifs is 1. The summed E-state index contributed by atoms with van der Waals surface area (Å²) in [6.07, 6.45) is -0.321. The van der Waals surface area contributed by atoms with Crippen LogP contribution in [0.15, 0.2) is 4.99 Å². The third-order valence-electron chi connectivity index (χ3n) is 6.03. The van der Waals surface area contributed by atoms with Crippen LogP contribution >= 0.6 is 0 Å². The van der Waals surface area contributed by atoms with Gasteiger partial charge in [0, 0.05) is 45.7 Å². The van der Waals surface area contributed by atoms with Gasteiger partial charge in [0.1, 0.15) is 13.1 Å². The number of nitrogens with zero attached hydrogens (tertiary/aromatic N) is 6. The Bertz CT molecular complexity index is 882. The zero-order valence-corrected chi connectivity index (χ0v) is 19.8. The number of hydrogen-bond donors (Lipinski definition) is 0. The van der Waals surface area contributed by atoms with Crippen molar-refractivity contribution in [2.24, 2.45) is 10.4 Å². The molecule has 4 amide bonds. The molecule has 3 rings (SSSR count). The molecular formula is C21H33N6O5+. The van der Waals surface area contributed by atoms with E-state index in [1.165, 1.54) is 11.9 Å². The molecule has 3 aliphatic rings. The molecule has 0 aromatic heterocycles. The normalized spacial score (nSPS) is 22.4. The van der Waals surface area contributed by atoms with Gasteiger partial charge in [0.25, 0.3) is 17.8 Å². The molecular weight excluding hydrogens is 416 g/mol. The number of amides is 4. The average Bonchev–Trinajstić information content (AvgIpc) is 3.08. The van der Waals surface area contributed by atoms with Crippen LogP contribution in [-0.2, 0) is 14.3 Å². The maximum Gasteiger partial charge on any atom is 0.409 e. The minimum absolute atomic E-state index is 0.0198. The van der Waals surface area contributed by atoms with Crippen LogP contribution in [-0.4, -0.2) is 126 Å². The molecule has 11 heteroatoms. The van der Waals surface area contributed by atoms with E-state index in [9.17, 15) is 19.2 Å². The summed E-state index contributed by atoms with van der Waals surface area (Å²) in [5, 5.41) is 0. The van der Waals surface area contributed by atoms with E-state index < -0.39 is 23.4 Å². The lowest BCUT2D eigenvalue weighted by Crippen LogP contribution is -2.62. The molecule has 0 aliphatic carbocycles. The van der Waals surface area contributed by atoms with Gasteiger partial charge in [0.05, 0.1) is 6.61 Å². The molecule has 2 fully saturated rings. The van der Waals surface area contributed by atoms with E-state index in [-0.39, 0.29) is 18.4 Å². The fourth-order valence-corrected chi connectivity index (χ4v) is 3.85. The van der Waals surface area contributed by atoms with Crippen LogP contribution < -0.4 is 0 Å². The predicted octanol–water partition coefficient (Wildman–Crippen LogP) is 0.0912. The van der Waals surface area contributed by atoms with Gasteiger partial charge < -0.3 is 9.64 Å². The van der Waals surface area contributed by atoms with Gasteiger partial charge in [0.15, 0.2) is 5.78 Å². The van der Waals surface area contributed by atoms with E-state index in [0.717, 1.165) is 4.90 Å². The summed E-state index contributed by atoms with van der Waals surface area (Å²) in [6.45, 7) is 10.3. The van der Waals surface area contributed by atoms with Crippen molar-refractivity contribution in [3.63, 3.8) is 0 Å². The molecule has 0 aromatic carbocycles. The lowest BCUT2D eigenvalue weighted by Gasteiger charge is -2.33. The zero-order valence-electron chi connectivity index (χ0n) is 19.8. The molecule has 1 unspecified atom stereocenters. The van der Waals surface area contributed by atoms with Crippen molar-refractivity contribution in [1.82, 2.24) is 19.6 Å². The lowest BCUT2D eigenvalue weighted by molar-refractivity contribution is -0.525. The summed E-state index contributed by atoms with van der Waals surface area (Å²) < 4.78 is 6.79. The molecule has 0 bridgehead atoms. The van der Waals surface area contributed by atoms with Crippen molar-refractivity contribution in [2.45, 2.75) is 33.7 Å². The Morgan fingerprint density at radius 3 is 2.28 bits per heavy atom. The molecule has 0 N–H and O–H groups in total. The van der Waals surface area contributed by atoms with E-state index in [1.807, 2.05) is 20.8 Å². The second-order valence-electron chi connectivity index (χ2n) is 9.29. The topological polar surface area (TPSA) is 106 Å². The number of carbonyl (C=O) groups is 4. The fourth-order valence-electron chi connectivity index (χ4n) is 3.85. The van der Waals surface area contributed by atoms with Gasteiger partial charge >= 0.3 is 18.0 Å². The zero-order chi connectivity index (χ0) is 23.8. The molecule has 2 saturated heterocycles. The maximum absolute atomic E-state index is 13.0. The molecule has 3 aliphatic heterocycles. The lowest BCUT2D eigenvalue weighted by atomic mass is 9.90. The fraction of sp³-hybridized carbons (Fsp3) is 0.714. The number of ketones is 1. The van der Waals surface area contributed by atoms with Crippen molar-refractivity contribution in [3.8, 4) is 0 Å². The number of aliphatic imine (C=N–C) groups is 1. The Balaban J connectivity index is 1.84. The van der Waals surface area contributed by atoms with E-state index >= 15 is 0 Å². The van der Waals surface area contributed by atoms with Crippen LogP contribution in [0.25, 0.3) is 0 Å². The Morgan fingerprint density at radius 1 is 1.09 bits per heavy atom. The molecule has 3 heterocycles. The number of Topliss-reactive ketones (excluding diaryl/α,β-unsaturated/α-hetero) is 1. The highest BCUT2D eigenvalue weighted by molar-refractivity contribution is 6.23. The summed E-state index contributed by atoms with van der Waals surface area (Å²) in [6, 6.07) is -1.25. The number of urea groups is 1. The third-order valence-corrected chi connectivity index (χ3v) is 6.03. The smallest absolute Gasteiger partial charge is 0.409 e. The maximum atomic E-state index is 13.0. The van der Waals surface area contributed by atoms with Gasteiger partial charge in [0.2, 0.25) is 0 Å². The summed E-state index contributed by atoms with van der Waals surface area (Å²) in [7, 11) is 3.02. The highest BCUT2D eigenvalue weighted by Gasteiger charge is 2.53. The van der Waals surface area contributed by atoms with Gasteiger partial charge in [-0.2, -0.15) is 0 Å². The summed E-state index contributed by atoms with van der Waals surface area (Å²) in [5.74, 6) is 0.514. The monoisotopic (exact) mass is 449 g/mol. The second kappa shape index (κ2) is 8.97. The third kappa shape index (κ3) is 4.52. The number of rotatable bonds is 5. The molecule has 1 atom stereocenters. The number of piperazine rings is 1. The van der Waals surface area contributed by atoms with Gasteiger partial charge in [-0.25, -0.2) is 14.2 Å². The van der Waals surface area contributed by atoms with Gasteiger partial charge in [-0.15, -0.1) is 0 Å². The van der Waals surface area contributed by atoms with E-state index in [2.05, 4.69) is 9.89 Å².